The van der Waals surface area contributed by atoms with Crippen molar-refractivity contribution < 1.29 is 5.11 Å². The fraction of sp³-hybridized carbons (Fsp3) is 0.455. The summed E-state index contributed by atoms with van der Waals surface area (Å²) in [6.45, 7) is 4.62. The van der Waals surface area contributed by atoms with E-state index in [0.29, 0.717) is 11.6 Å². The van der Waals surface area contributed by atoms with Gasteiger partial charge in [0.25, 0.3) is 0 Å². The second kappa shape index (κ2) is 4.67. The third kappa shape index (κ3) is 2.20. The van der Waals surface area contributed by atoms with Crippen LogP contribution in [0, 0.1) is 13.8 Å². The van der Waals surface area contributed by atoms with E-state index in [4.69, 9.17) is 17.3 Å². The molecule has 0 amide bonds. The summed E-state index contributed by atoms with van der Waals surface area (Å²) in [7, 11) is 0. The van der Waals surface area contributed by atoms with Crippen LogP contribution >= 0.6 is 11.6 Å². The lowest BCUT2D eigenvalue weighted by atomic mass is 9.98. The van der Waals surface area contributed by atoms with Gasteiger partial charge in [-0.15, -0.1) is 0 Å². The first-order valence-electron chi connectivity index (χ1n) is 4.75. The minimum absolute atomic E-state index is 0.211. The zero-order chi connectivity index (χ0) is 10.7. The van der Waals surface area contributed by atoms with Crippen LogP contribution in [0.15, 0.2) is 6.07 Å². The minimum atomic E-state index is 0.211. The third-order valence-electron chi connectivity index (χ3n) is 2.53. The standard InChI is InChI=1S/C11H16ClNO/c1-7-6-10(12)11(14)9(8(7)2)4-3-5-13/h6,14H,3-5,13H2,1-2H3. The number of phenolic OH excluding ortho intramolecular Hbond substituents is 1. The SMILES string of the molecule is Cc1cc(Cl)c(O)c(CCCN)c1C. The third-order valence-corrected chi connectivity index (χ3v) is 2.82. The zero-order valence-corrected chi connectivity index (χ0v) is 9.36. The van der Waals surface area contributed by atoms with E-state index in [1.807, 2.05) is 13.8 Å². The van der Waals surface area contributed by atoms with Gasteiger partial charge in [0.05, 0.1) is 5.02 Å². The Labute approximate surface area is 89.7 Å². The number of hydrogen-bond acceptors (Lipinski definition) is 2. The van der Waals surface area contributed by atoms with E-state index < -0.39 is 0 Å². The van der Waals surface area contributed by atoms with Crippen molar-refractivity contribution in [3.63, 3.8) is 0 Å². The van der Waals surface area contributed by atoms with Crippen LogP contribution in [0.1, 0.15) is 23.1 Å². The first-order chi connectivity index (χ1) is 6.57. The van der Waals surface area contributed by atoms with Crippen LogP contribution in [0.5, 0.6) is 5.75 Å². The van der Waals surface area contributed by atoms with Crippen LogP contribution in [0.4, 0.5) is 0 Å². The number of hydrogen-bond donors (Lipinski definition) is 2. The van der Waals surface area contributed by atoms with Gasteiger partial charge in [0.15, 0.2) is 0 Å². The summed E-state index contributed by atoms with van der Waals surface area (Å²) in [4.78, 5) is 0. The van der Waals surface area contributed by atoms with E-state index in [0.717, 1.165) is 29.5 Å². The molecule has 78 valence electrons. The predicted molar refractivity (Wildman–Crippen MR) is 60.0 cm³/mol. The first-order valence-corrected chi connectivity index (χ1v) is 5.13. The molecule has 0 unspecified atom stereocenters. The van der Waals surface area contributed by atoms with Gasteiger partial charge in [-0.25, -0.2) is 0 Å². The van der Waals surface area contributed by atoms with Crippen LogP contribution in [-0.4, -0.2) is 11.7 Å². The van der Waals surface area contributed by atoms with Gasteiger partial charge in [0.1, 0.15) is 5.75 Å². The topological polar surface area (TPSA) is 46.2 Å². The van der Waals surface area contributed by atoms with Crippen molar-refractivity contribution in [1.82, 2.24) is 0 Å². The number of nitrogens with two attached hydrogens (primary N) is 1. The van der Waals surface area contributed by atoms with Crippen LogP contribution in [0.3, 0.4) is 0 Å². The lowest BCUT2D eigenvalue weighted by Crippen LogP contribution is -2.02. The maximum atomic E-state index is 9.76. The van der Waals surface area contributed by atoms with Gasteiger partial charge < -0.3 is 10.8 Å². The lowest BCUT2D eigenvalue weighted by Gasteiger charge is -2.12. The van der Waals surface area contributed by atoms with Gasteiger partial charge in [-0.05, 0) is 56.0 Å². The average Bonchev–Trinajstić information content (AvgIpc) is 2.15. The number of rotatable bonds is 3. The van der Waals surface area contributed by atoms with Crippen molar-refractivity contribution in [2.45, 2.75) is 26.7 Å². The zero-order valence-electron chi connectivity index (χ0n) is 8.60. The molecule has 0 aliphatic carbocycles. The van der Waals surface area contributed by atoms with Gasteiger partial charge in [0.2, 0.25) is 0 Å². The normalized spacial score (nSPS) is 10.6. The molecule has 1 aromatic rings. The van der Waals surface area contributed by atoms with E-state index in [1.54, 1.807) is 6.07 Å². The van der Waals surface area contributed by atoms with Crippen LogP contribution in [0.25, 0.3) is 0 Å². The lowest BCUT2D eigenvalue weighted by molar-refractivity contribution is 0.466. The molecule has 0 aromatic heterocycles. The molecule has 0 fully saturated rings. The summed E-state index contributed by atoms with van der Waals surface area (Å²) < 4.78 is 0. The average molecular weight is 214 g/mol. The maximum absolute atomic E-state index is 9.76. The highest BCUT2D eigenvalue weighted by Gasteiger charge is 2.10. The molecule has 0 radical (unpaired) electrons. The van der Waals surface area contributed by atoms with Crippen LogP contribution < -0.4 is 5.73 Å². The molecule has 0 saturated carbocycles. The van der Waals surface area contributed by atoms with Crippen molar-refractivity contribution >= 4 is 11.6 Å². The summed E-state index contributed by atoms with van der Waals surface area (Å²) in [5, 5.41) is 10.2. The molecule has 14 heavy (non-hydrogen) atoms. The molecule has 3 N–H and O–H groups in total. The monoisotopic (exact) mass is 213 g/mol. The predicted octanol–water partition coefficient (Wildman–Crippen LogP) is 2.55. The molecular weight excluding hydrogens is 198 g/mol. The largest absolute Gasteiger partial charge is 0.506 e. The Kier molecular flexibility index (Phi) is 3.78. The number of halogens is 1. The number of aromatic hydroxyl groups is 1. The quantitative estimate of drug-likeness (QED) is 0.811. The molecule has 0 aliphatic heterocycles. The van der Waals surface area contributed by atoms with Gasteiger partial charge >= 0.3 is 0 Å². The molecule has 2 nitrogen and oxygen atoms in total. The van der Waals surface area contributed by atoms with Crippen LogP contribution in [-0.2, 0) is 6.42 Å². The summed E-state index contributed by atoms with van der Waals surface area (Å²) in [5.41, 5.74) is 8.59. The second-order valence-electron chi connectivity index (χ2n) is 3.52. The highest BCUT2D eigenvalue weighted by atomic mass is 35.5. The Balaban J connectivity index is 3.11. The Bertz CT molecular complexity index is 310. The molecule has 0 spiro atoms. The van der Waals surface area contributed by atoms with Crippen molar-refractivity contribution in [3.05, 3.63) is 27.8 Å². The Morgan fingerprint density at radius 3 is 2.64 bits per heavy atom. The molecule has 0 bridgehead atoms. The summed E-state index contributed by atoms with van der Waals surface area (Å²) >= 11 is 5.89. The Morgan fingerprint density at radius 1 is 1.43 bits per heavy atom. The van der Waals surface area contributed by atoms with Gasteiger partial charge in [-0.1, -0.05) is 11.6 Å². The second-order valence-corrected chi connectivity index (χ2v) is 3.93. The first kappa shape index (κ1) is 11.3. The summed E-state index contributed by atoms with van der Waals surface area (Å²) in [6, 6.07) is 1.79. The van der Waals surface area contributed by atoms with Crippen molar-refractivity contribution in [1.29, 1.82) is 0 Å². The fourth-order valence-corrected chi connectivity index (χ4v) is 1.79. The molecule has 1 rings (SSSR count). The van der Waals surface area contributed by atoms with E-state index in [2.05, 4.69) is 0 Å². The van der Waals surface area contributed by atoms with Crippen molar-refractivity contribution in [2.24, 2.45) is 5.73 Å². The molecular formula is C11H16ClNO. The van der Waals surface area contributed by atoms with E-state index >= 15 is 0 Å². The smallest absolute Gasteiger partial charge is 0.137 e. The highest BCUT2D eigenvalue weighted by molar-refractivity contribution is 6.32. The molecule has 0 saturated heterocycles. The van der Waals surface area contributed by atoms with E-state index in [-0.39, 0.29) is 5.75 Å². The van der Waals surface area contributed by atoms with Crippen molar-refractivity contribution in [2.75, 3.05) is 6.54 Å². The van der Waals surface area contributed by atoms with Crippen LogP contribution in [0.2, 0.25) is 5.02 Å². The molecule has 3 heteroatoms. The highest BCUT2D eigenvalue weighted by Crippen LogP contribution is 2.32. The Morgan fingerprint density at radius 2 is 2.07 bits per heavy atom. The number of benzene rings is 1. The maximum Gasteiger partial charge on any atom is 0.137 e. The van der Waals surface area contributed by atoms with Gasteiger partial charge in [-0.3, -0.25) is 0 Å². The molecule has 0 aliphatic rings. The van der Waals surface area contributed by atoms with Gasteiger partial charge in [0, 0.05) is 0 Å². The summed E-state index contributed by atoms with van der Waals surface area (Å²) in [6.07, 6.45) is 1.66. The number of phenols is 1. The van der Waals surface area contributed by atoms with E-state index in [1.165, 1.54) is 0 Å². The van der Waals surface area contributed by atoms with Crippen molar-refractivity contribution in [3.8, 4) is 5.75 Å². The molecule has 0 heterocycles. The number of aryl methyl sites for hydroxylation is 1. The molecule has 0 atom stereocenters. The fourth-order valence-electron chi connectivity index (χ4n) is 1.51. The van der Waals surface area contributed by atoms with E-state index in [9.17, 15) is 5.11 Å². The minimum Gasteiger partial charge on any atom is -0.506 e. The van der Waals surface area contributed by atoms with Gasteiger partial charge in [-0.2, -0.15) is 0 Å². The molecule has 1 aromatic carbocycles. The Hall–Kier alpha value is -0.730. The summed E-state index contributed by atoms with van der Waals surface area (Å²) in [5.74, 6) is 0.211.